The molecule has 0 unspecified atom stereocenters. The molecule has 0 bridgehead atoms. The standard InChI is InChI=1S/C28H33F3N2O7S/c1-17-9-18(2)11-20(10-17)12-19-3-5-24-23(13-19)33(16-22(40-24)4-6-26(35)36)41(37,38)25-14-21(28(29,30)31)15-32-27(25)39-8-7-34/h3,5,12-15,17-18,22,34H,4,6-11,16H2,1-2H3,(H,35,36)/t17-,18+,22-/m0/s1. The number of sulfonamides is 1. The number of hydrogen-bond acceptors (Lipinski definition) is 7. The van der Waals surface area contributed by atoms with Gasteiger partial charge < -0.3 is 19.7 Å². The zero-order chi connectivity index (χ0) is 29.9. The SMILES string of the molecule is C[C@@H]1CC(=Cc2ccc3c(c2)N(S(=O)(=O)c2cc(C(F)(F)F)cnc2OCCO)C[C@H](CCC(=O)O)O3)C[C@H](C)C1. The van der Waals surface area contributed by atoms with Crippen molar-refractivity contribution < 1.29 is 46.1 Å². The van der Waals surface area contributed by atoms with E-state index >= 15 is 0 Å². The smallest absolute Gasteiger partial charge is 0.417 e. The van der Waals surface area contributed by atoms with Gasteiger partial charge in [0.1, 0.15) is 18.5 Å². The molecule has 4 rings (SSSR count). The number of aromatic nitrogens is 1. The lowest BCUT2D eigenvalue weighted by Gasteiger charge is -2.36. The molecule has 0 radical (unpaired) electrons. The highest BCUT2D eigenvalue weighted by Gasteiger charge is 2.39. The Morgan fingerprint density at radius 3 is 2.56 bits per heavy atom. The Balaban J connectivity index is 1.81. The molecule has 0 saturated heterocycles. The maximum atomic E-state index is 14.1. The summed E-state index contributed by atoms with van der Waals surface area (Å²) in [7, 11) is -4.74. The molecule has 1 aromatic carbocycles. The summed E-state index contributed by atoms with van der Waals surface area (Å²) in [6.45, 7) is 3.10. The first-order valence-corrected chi connectivity index (χ1v) is 14.8. The topological polar surface area (TPSA) is 126 Å². The van der Waals surface area contributed by atoms with E-state index in [1.165, 1.54) is 5.57 Å². The van der Waals surface area contributed by atoms with Crippen LogP contribution in [0.25, 0.3) is 6.08 Å². The maximum Gasteiger partial charge on any atom is 0.417 e. The minimum absolute atomic E-state index is 0.0307. The number of benzene rings is 1. The minimum Gasteiger partial charge on any atom is -0.486 e. The van der Waals surface area contributed by atoms with Crippen LogP contribution in [0.15, 0.2) is 40.9 Å². The lowest BCUT2D eigenvalue weighted by molar-refractivity contribution is -0.138. The molecule has 2 aromatic rings. The predicted molar refractivity (Wildman–Crippen MR) is 144 cm³/mol. The molecule has 9 nitrogen and oxygen atoms in total. The first kappa shape index (κ1) is 30.6. The largest absolute Gasteiger partial charge is 0.486 e. The van der Waals surface area contributed by atoms with Gasteiger partial charge in [0.2, 0.25) is 5.88 Å². The molecule has 0 spiro atoms. The molecule has 13 heteroatoms. The third-order valence-electron chi connectivity index (χ3n) is 7.04. The number of carboxylic acid groups (broad SMARTS) is 1. The lowest BCUT2D eigenvalue weighted by atomic mass is 9.80. The summed E-state index contributed by atoms with van der Waals surface area (Å²) in [5.41, 5.74) is 0.728. The van der Waals surface area contributed by atoms with Gasteiger partial charge in [-0.05, 0) is 61.3 Å². The highest BCUT2D eigenvalue weighted by Crippen LogP contribution is 2.42. The van der Waals surface area contributed by atoms with Gasteiger partial charge in [-0.3, -0.25) is 9.10 Å². The van der Waals surface area contributed by atoms with Gasteiger partial charge in [-0.2, -0.15) is 13.2 Å². The second kappa shape index (κ2) is 12.3. The zero-order valence-corrected chi connectivity index (χ0v) is 23.5. The minimum atomic E-state index is -4.88. The summed E-state index contributed by atoms with van der Waals surface area (Å²) in [5, 5.41) is 18.3. The monoisotopic (exact) mass is 598 g/mol. The van der Waals surface area contributed by atoms with Gasteiger partial charge >= 0.3 is 12.1 Å². The highest BCUT2D eigenvalue weighted by atomic mass is 32.2. The van der Waals surface area contributed by atoms with E-state index < -0.39 is 57.8 Å². The Kier molecular flexibility index (Phi) is 9.17. The second-order valence-electron chi connectivity index (χ2n) is 10.7. The fraction of sp³-hybridized carbons (Fsp3) is 0.500. The number of carbonyl (C=O) groups is 1. The summed E-state index contributed by atoms with van der Waals surface area (Å²) in [6, 6.07) is 5.40. The first-order valence-electron chi connectivity index (χ1n) is 13.3. The average molecular weight is 599 g/mol. The summed E-state index contributed by atoms with van der Waals surface area (Å²) in [4.78, 5) is 14.0. The number of pyridine rings is 1. The maximum absolute atomic E-state index is 14.1. The predicted octanol–water partition coefficient (Wildman–Crippen LogP) is 5.13. The number of rotatable bonds is 9. The molecule has 1 aliphatic heterocycles. The number of anilines is 1. The number of ether oxygens (including phenoxy) is 2. The van der Waals surface area contributed by atoms with Gasteiger partial charge in [-0.1, -0.05) is 31.6 Å². The van der Waals surface area contributed by atoms with Gasteiger partial charge in [0.15, 0.2) is 4.90 Å². The van der Waals surface area contributed by atoms with Crippen LogP contribution in [0.5, 0.6) is 11.6 Å². The van der Waals surface area contributed by atoms with Crippen LogP contribution in [0.3, 0.4) is 0 Å². The Labute approximate surface area is 236 Å². The Morgan fingerprint density at radius 2 is 1.93 bits per heavy atom. The fourth-order valence-electron chi connectivity index (χ4n) is 5.41. The number of aliphatic hydroxyl groups is 1. The summed E-state index contributed by atoms with van der Waals surface area (Å²) >= 11 is 0. The number of halogens is 3. The third-order valence-corrected chi connectivity index (χ3v) is 8.81. The quantitative estimate of drug-likeness (QED) is 0.407. The van der Waals surface area contributed by atoms with Crippen molar-refractivity contribution >= 4 is 27.8 Å². The number of alkyl halides is 3. The van der Waals surface area contributed by atoms with Gasteiger partial charge in [0.05, 0.1) is 24.4 Å². The van der Waals surface area contributed by atoms with E-state index in [1.807, 2.05) is 6.08 Å². The number of nitrogens with zero attached hydrogens (tertiary/aromatic N) is 2. The molecule has 0 amide bonds. The van der Waals surface area contributed by atoms with Crippen molar-refractivity contribution in [2.45, 2.75) is 63.1 Å². The Morgan fingerprint density at radius 1 is 1.22 bits per heavy atom. The molecule has 2 N–H and O–H groups in total. The normalized spacial score (nSPS) is 22.2. The van der Waals surface area contributed by atoms with E-state index in [0.29, 0.717) is 29.7 Å². The first-order chi connectivity index (χ1) is 19.3. The molecular formula is C28H33F3N2O7S. The number of aliphatic hydroxyl groups excluding tert-OH is 1. The van der Waals surface area contributed by atoms with Crippen molar-refractivity contribution in [3.8, 4) is 11.6 Å². The van der Waals surface area contributed by atoms with E-state index in [-0.39, 0.29) is 30.8 Å². The highest BCUT2D eigenvalue weighted by molar-refractivity contribution is 7.93. The molecular weight excluding hydrogens is 565 g/mol. The molecule has 3 atom stereocenters. The van der Waals surface area contributed by atoms with Crippen LogP contribution >= 0.6 is 0 Å². The number of allylic oxidation sites excluding steroid dienone is 1. The van der Waals surface area contributed by atoms with Crippen LogP contribution in [0.2, 0.25) is 0 Å². The number of aliphatic carboxylic acids is 1. The van der Waals surface area contributed by atoms with Crippen molar-refractivity contribution in [2.24, 2.45) is 11.8 Å². The Bertz CT molecular complexity index is 1400. The molecule has 224 valence electrons. The third kappa shape index (κ3) is 7.31. The molecule has 1 aliphatic carbocycles. The van der Waals surface area contributed by atoms with E-state index in [9.17, 15) is 26.4 Å². The van der Waals surface area contributed by atoms with Gasteiger partial charge in [0.25, 0.3) is 10.0 Å². The van der Waals surface area contributed by atoms with E-state index in [4.69, 9.17) is 19.7 Å². The molecule has 2 aliphatic rings. The lowest BCUT2D eigenvalue weighted by Crippen LogP contribution is -2.44. The van der Waals surface area contributed by atoms with E-state index in [1.54, 1.807) is 18.2 Å². The average Bonchev–Trinajstić information content (AvgIpc) is 2.89. The molecule has 41 heavy (non-hydrogen) atoms. The van der Waals surface area contributed by atoms with Crippen LogP contribution in [0.4, 0.5) is 18.9 Å². The molecule has 1 saturated carbocycles. The van der Waals surface area contributed by atoms with Crippen LogP contribution in [-0.2, 0) is 21.0 Å². The Hall–Kier alpha value is -3.32. The van der Waals surface area contributed by atoms with E-state index in [2.05, 4.69) is 18.8 Å². The van der Waals surface area contributed by atoms with Gasteiger partial charge in [-0.15, -0.1) is 0 Å². The molecule has 1 fully saturated rings. The number of carboxylic acids is 1. The zero-order valence-electron chi connectivity index (χ0n) is 22.7. The number of hydrogen-bond donors (Lipinski definition) is 2. The fourth-order valence-corrected chi connectivity index (χ4v) is 7.02. The van der Waals surface area contributed by atoms with Crippen LogP contribution in [0.1, 0.15) is 57.1 Å². The summed E-state index contributed by atoms with van der Waals surface area (Å²) in [5.74, 6) is -0.535. The van der Waals surface area contributed by atoms with Crippen molar-refractivity contribution in [3.63, 3.8) is 0 Å². The van der Waals surface area contributed by atoms with Crippen molar-refractivity contribution in [1.82, 2.24) is 4.98 Å². The van der Waals surface area contributed by atoms with Crippen molar-refractivity contribution in [2.75, 3.05) is 24.1 Å². The van der Waals surface area contributed by atoms with Crippen LogP contribution in [0, 0.1) is 11.8 Å². The van der Waals surface area contributed by atoms with Gasteiger partial charge in [-0.25, -0.2) is 13.4 Å². The molecule has 1 aromatic heterocycles. The summed E-state index contributed by atoms with van der Waals surface area (Å²) < 4.78 is 81.0. The molecule has 2 heterocycles. The second-order valence-corrected chi connectivity index (χ2v) is 12.5. The summed E-state index contributed by atoms with van der Waals surface area (Å²) in [6.07, 6.45) is -0.713. The van der Waals surface area contributed by atoms with Crippen LogP contribution < -0.4 is 13.8 Å². The van der Waals surface area contributed by atoms with Crippen LogP contribution in [-0.4, -0.2) is 55.4 Å². The van der Waals surface area contributed by atoms with Gasteiger partial charge in [0, 0.05) is 12.6 Å². The van der Waals surface area contributed by atoms with Crippen molar-refractivity contribution in [1.29, 1.82) is 0 Å². The number of fused-ring (bicyclic) bond motifs is 1. The van der Waals surface area contributed by atoms with E-state index in [0.717, 1.165) is 23.6 Å². The van der Waals surface area contributed by atoms with Crippen molar-refractivity contribution in [3.05, 3.63) is 47.2 Å².